The summed E-state index contributed by atoms with van der Waals surface area (Å²) in [5, 5.41) is 0.983. The molecule has 0 saturated carbocycles. The van der Waals surface area contributed by atoms with E-state index in [4.69, 9.17) is 4.74 Å². The molecule has 3 aromatic rings. The third-order valence-corrected chi connectivity index (χ3v) is 4.35. The molecule has 3 heterocycles. The van der Waals surface area contributed by atoms with E-state index >= 15 is 0 Å². The molecule has 0 unspecified atom stereocenters. The Balaban J connectivity index is 1.97. The van der Waals surface area contributed by atoms with E-state index < -0.39 is 0 Å². The van der Waals surface area contributed by atoms with Crippen LogP contribution in [0.25, 0.3) is 22.2 Å². The van der Waals surface area contributed by atoms with Crippen molar-refractivity contribution in [1.82, 2.24) is 9.97 Å². The minimum Gasteiger partial charge on any atom is -0.378 e. The van der Waals surface area contributed by atoms with E-state index in [9.17, 15) is 4.39 Å². The highest BCUT2D eigenvalue weighted by molar-refractivity contribution is 6.04. The van der Waals surface area contributed by atoms with Crippen molar-refractivity contribution in [2.75, 3.05) is 31.2 Å². The average Bonchev–Trinajstić information content (AvgIpc) is 2.92. The van der Waals surface area contributed by atoms with Crippen molar-refractivity contribution in [3.63, 3.8) is 0 Å². The minimum absolute atomic E-state index is 0.215. The molecule has 0 atom stereocenters. The van der Waals surface area contributed by atoms with Gasteiger partial charge in [-0.05, 0) is 19.1 Å². The number of fused-ring (bicyclic) bond motifs is 1. The number of pyridine rings is 1. The van der Waals surface area contributed by atoms with Gasteiger partial charge in [0.25, 0.3) is 0 Å². The molecule has 0 aliphatic carbocycles. The number of nitrogens with zero attached hydrogens (tertiary/aromatic N) is 2. The lowest BCUT2D eigenvalue weighted by Crippen LogP contribution is -2.36. The second-order valence-electron chi connectivity index (χ2n) is 5.76. The molecular weight excluding hydrogens is 293 g/mol. The largest absolute Gasteiger partial charge is 0.378 e. The van der Waals surface area contributed by atoms with Gasteiger partial charge in [0.05, 0.1) is 24.3 Å². The van der Waals surface area contributed by atoms with E-state index in [1.165, 1.54) is 6.07 Å². The molecule has 1 N–H and O–H groups in total. The van der Waals surface area contributed by atoms with Gasteiger partial charge < -0.3 is 14.6 Å². The molecule has 4 rings (SSSR count). The summed E-state index contributed by atoms with van der Waals surface area (Å²) < 4.78 is 19.8. The third kappa shape index (κ3) is 2.37. The molecule has 1 saturated heterocycles. The predicted molar refractivity (Wildman–Crippen MR) is 89.3 cm³/mol. The molecule has 4 nitrogen and oxygen atoms in total. The monoisotopic (exact) mass is 311 g/mol. The van der Waals surface area contributed by atoms with Gasteiger partial charge in [-0.1, -0.05) is 18.2 Å². The third-order valence-electron chi connectivity index (χ3n) is 4.35. The molecule has 1 aromatic carbocycles. The molecule has 5 heteroatoms. The van der Waals surface area contributed by atoms with Gasteiger partial charge >= 0.3 is 0 Å². The number of aromatic nitrogens is 2. The Morgan fingerprint density at radius 3 is 2.74 bits per heavy atom. The number of anilines is 1. The van der Waals surface area contributed by atoms with Crippen molar-refractivity contribution in [3.8, 4) is 11.1 Å². The second kappa shape index (κ2) is 5.66. The number of halogens is 1. The van der Waals surface area contributed by atoms with Crippen molar-refractivity contribution in [2.45, 2.75) is 6.92 Å². The van der Waals surface area contributed by atoms with Crippen LogP contribution in [0.1, 0.15) is 5.69 Å². The number of aryl methyl sites for hydroxylation is 1. The minimum atomic E-state index is -0.215. The summed E-state index contributed by atoms with van der Waals surface area (Å²) in [4.78, 5) is 10.0. The summed E-state index contributed by atoms with van der Waals surface area (Å²) >= 11 is 0. The highest BCUT2D eigenvalue weighted by atomic mass is 19.1. The van der Waals surface area contributed by atoms with E-state index in [0.29, 0.717) is 18.8 Å². The Hall–Kier alpha value is -2.40. The Bertz CT molecular complexity index is 853. The lowest BCUT2D eigenvalue weighted by molar-refractivity contribution is 0.123. The number of hydrogen-bond donors (Lipinski definition) is 1. The summed E-state index contributed by atoms with van der Waals surface area (Å²) in [6.07, 6.45) is 1.80. The molecule has 1 aliphatic heterocycles. The van der Waals surface area contributed by atoms with E-state index in [0.717, 1.165) is 41.1 Å². The van der Waals surface area contributed by atoms with Gasteiger partial charge in [-0.25, -0.2) is 9.37 Å². The SMILES string of the molecule is Cc1[nH]c2nccc(N3CCOCC3)c2c1-c1ccccc1F. The lowest BCUT2D eigenvalue weighted by Gasteiger charge is -2.29. The average molecular weight is 311 g/mol. The topological polar surface area (TPSA) is 41.2 Å². The van der Waals surface area contributed by atoms with Gasteiger partial charge in [0.2, 0.25) is 0 Å². The fourth-order valence-electron chi connectivity index (χ4n) is 3.29. The van der Waals surface area contributed by atoms with Gasteiger partial charge in [-0.15, -0.1) is 0 Å². The van der Waals surface area contributed by atoms with Crippen molar-refractivity contribution in [2.24, 2.45) is 0 Å². The number of morpholine rings is 1. The summed E-state index contributed by atoms with van der Waals surface area (Å²) in [5.74, 6) is -0.215. The fraction of sp³-hybridized carbons (Fsp3) is 0.278. The Kier molecular flexibility index (Phi) is 3.50. The quantitative estimate of drug-likeness (QED) is 0.787. The number of H-pyrrole nitrogens is 1. The number of rotatable bonds is 2. The van der Waals surface area contributed by atoms with Crippen LogP contribution < -0.4 is 4.90 Å². The Morgan fingerprint density at radius 1 is 1.17 bits per heavy atom. The predicted octanol–water partition coefficient (Wildman–Crippen LogP) is 3.51. The van der Waals surface area contributed by atoms with E-state index in [-0.39, 0.29) is 5.82 Å². The first-order valence-electron chi connectivity index (χ1n) is 7.80. The van der Waals surface area contributed by atoms with Crippen molar-refractivity contribution in [1.29, 1.82) is 0 Å². The standard InChI is InChI=1S/C18H18FN3O/c1-12-16(13-4-2-3-5-14(13)19)17-15(6-7-20-18(17)21-12)22-8-10-23-11-9-22/h2-7H,8-11H2,1H3,(H,20,21). The molecule has 0 bridgehead atoms. The van der Waals surface area contributed by atoms with Crippen LogP contribution in [-0.2, 0) is 4.74 Å². The molecule has 1 fully saturated rings. The zero-order chi connectivity index (χ0) is 15.8. The van der Waals surface area contributed by atoms with Crippen LogP contribution in [0.4, 0.5) is 10.1 Å². The van der Waals surface area contributed by atoms with Crippen LogP contribution in [0.2, 0.25) is 0 Å². The molecule has 1 aliphatic rings. The number of benzene rings is 1. The molecule has 0 spiro atoms. The first-order chi connectivity index (χ1) is 11.3. The van der Waals surface area contributed by atoms with Gasteiger partial charge in [-0.2, -0.15) is 0 Å². The molecule has 118 valence electrons. The Labute approximate surface area is 133 Å². The highest BCUT2D eigenvalue weighted by Gasteiger charge is 2.21. The Morgan fingerprint density at radius 2 is 1.96 bits per heavy atom. The molecule has 23 heavy (non-hydrogen) atoms. The van der Waals surface area contributed by atoms with Crippen LogP contribution in [0, 0.1) is 12.7 Å². The molecular formula is C18H18FN3O. The van der Waals surface area contributed by atoms with Crippen molar-refractivity contribution in [3.05, 3.63) is 48.0 Å². The van der Waals surface area contributed by atoms with Crippen molar-refractivity contribution < 1.29 is 9.13 Å². The summed E-state index contributed by atoms with van der Waals surface area (Å²) in [6.45, 7) is 5.05. The van der Waals surface area contributed by atoms with Crippen molar-refractivity contribution >= 4 is 16.7 Å². The zero-order valence-electron chi connectivity index (χ0n) is 13.0. The number of ether oxygens (including phenoxy) is 1. The first-order valence-corrected chi connectivity index (χ1v) is 7.80. The van der Waals surface area contributed by atoms with Crippen LogP contribution >= 0.6 is 0 Å². The maximum absolute atomic E-state index is 14.4. The molecule has 0 amide bonds. The molecule has 0 radical (unpaired) electrons. The molecule has 2 aromatic heterocycles. The van der Waals surface area contributed by atoms with Gasteiger partial charge in [-0.3, -0.25) is 0 Å². The normalized spacial score (nSPS) is 15.3. The van der Waals surface area contributed by atoms with E-state index in [1.807, 2.05) is 25.1 Å². The van der Waals surface area contributed by atoms with Gasteiger partial charge in [0.1, 0.15) is 11.5 Å². The number of nitrogens with one attached hydrogen (secondary N) is 1. The summed E-state index contributed by atoms with van der Waals surface area (Å²) in [7, 11) is 0. The van der Waals surface area contributed by atoms with Gasteiger partial charge in [0.15, 0.2) is 0 Å². The number of aromatic amines is 1. The highest BCUT2D eigenvalue weighted by Crippen LogP contribution is 2.38. The fourth-order valence-corrected chi connectivity index (χ4v) is 3.29. The van der Waals surface area contributed by atoms with Crippen LogP contribution in [-0.4, -0.2) is 36.3 Å². The zero-order valence-corrected chi connectivity index (χ0v) is 13.0. The lowest BCUT2D eigenvalue weighted by atomic mass is 10.0. The summed E-state index contributed by atoms with van der Waals surface area (Å²) in [5.41, 5.74) is 4.32. The smallest absolute Gasteiger partial charge is 0.140 e. The van der Waals surface area contributed by atoms with Crippen LogP contribution in [0.15, 0.2) is 36.5 Å². The maximum Gasteiger partial charge on any atom is 0.140 e. The van der Waals surface area contributed by atoms with Crippen LogP contribution in [0.3, 0.4) is 0 Å². The summed E-state index contributed by atoms with van der Waals surface area (Å²) in [6, 6.07) is 8.90. The maximum atomic E-state index is 14.4. The van der Waals surface area contributed by atoms with E-state index in [2.05, 4.69) is 14.9 Å². The first kappa shape index (κ1) is 14.2. The second-order valence-corrected chi connectivity index (χ2v) is 5.76. The van der Waals surface area contributed by atoms with E-state index in [1.54, 1.807) is 12.3 Å². The van der Waals surface area contributed by atoms with Gasteiger partial charge in [0, 0.05) is 36.1 Å². The van der Waals surface area contributed by atoms with Crippen LogP contribution in [0.5, 0.6) is 0 Å². The number of hydrogen-bond acceptors (Lipinski definition) is 3.